The molecular weight excluding hydrogens is 228 g/mol. The van der Waals surface area contributed by atoms with E-state index in [0.717, 1.165) is 13.0 Å². The van der Waals surface area contributed by atoms with Crippen LogP contribution in [0.2, 0.25) is 0 Å². The maximum atomic E-state index is 9.54. The van der Waals surface area contributed by atoms with Crippen LogP contribution in [0.1, 0.15) is 71.6 Å². The molecule has 0 saturated heterocycles. The van der Waals surface area contributed by atoms with Crippen LogP contribution in [0.4, 0.5) is 0 Å². The Balaban J connectivity index is 3.08. The fourth-order valence-electron chi connectivity index (χ4n) is 1.81. The van der Waals surface area contributed by atoms with E-state index in [1.165, 1.54) is 44.9 Å². The van der Waals surface area contributed by atoms with Crippen LogP contribution in [0, 0.1) is 0 Å². The molecule has 2 N–H and O–H groups in total. The number of hydrogen-bond donors (Lipinski definition) is 2. The molecule has 1 atom stereocenters. The van der Waals surface area contributed by atoms with Crippen LogP contribution in [-0.2, 0) is 4.74 Å². The highest BCUT2D eigenvalue weighted by molar-refractivity contribution is 4.69. The molecule has 0 aliphatic carbocycles. The molecule has 0 amide bonds. The van der Waals surface area contributed by atoms with Gasteiger partial charge in [-0.05, 0) is 13.3 Å². The molecule has 0 rings (SSSR count). The zero-order valence-corrected chi connectivity index (χ0v) is 12.3. The third kappa shape index (κ3) is 12.3. The summed E-state index contributed by atoms with van der Waals surface area (Å²) in [4.78, 5) is 0. The summed E-state index contributed by atoms with van der Waals surface area (Å²) in [5.74, 6) is 0. The average Bonchev–Trinajstić information content (AvgIpc) is 2.36. The van der Waals surface area contributed by atoms with E-state index in [9.17, 15) is 5.11 Å². The third-order valence-corrected chi connectivity index (χ3v) is 3.27. The number of aliphatic hydroxyl groups is 2. The minimum atomic E-state index is -0.987. The highest BCUT2D eigenvalue weighted by Crippen LogP contribution is 2.10. The van der Waals surface area contributed by atoms with Crippen molar-refractivity contribution >= 4 is 0 Å². The quantitative estimate of drug-likeness (QED) is 0.500. The molecule has 0 aliphatic rings. The fraction of sp³-hybridized carbons (Fsp3) is 1.00. The zero-order valence-electron chi connectivity index (χ0n) is 12.3. The maximum Gasteiger partial charge on any atom is 0.0871 e. The van der Waals surface area contributed by atoms with Crippen molar-refractivity contribution in [3.8, 4) is 0 Å². The second-order valence-corrected chi connectivity index (χ2v) is 5.49. The van der Waals surface area contributed by atoms with Gasteiger partial charge in [0.2, 0.25) is 0 Å². The van der Waals surface area contributed by atoms with Gasteiger partial charge >= 0.3 is 0 Å². The molecule has 0 saturated carbocycles. The van der Waals surface area contributed by atoms with Gasteiger partial charge in [-0.3, -0.25) is 0 Å². The molecule has 110 valence electrons. The lowest BCUT2D eigenvalue weighted by Crippen LogP contribution is -2.30. The van der Waals surface area contributed by atoms with Crippen LogP contribution < -0.4 is 0 Å². The van der Waals surface area contributed by atoms with Gasteiger partial charge in [-0.1, -0.05) is 51.9 Å². The molecule has 3 heteroatoms. The number of unbranched alkanes of at least 4 members (excludes halogenated alkanes) is 7. The summed E-state index contributed by atoms with van der Waals surface area (Å²) in [6.45, 7) is 4.98. The standard InChI is InChI=1S/C15H32O3/c1-3-4-5-6-7-8-9-10-12-18-13-11-15(2,17)14-16/h16-17H,3-14H2,1-2H3. The lowest BCUT2D eigenvalue weighted by Gasteiger charge is -2.19. The second kappa shape index (κ2) is 11.9. The first kappa shape index (κ1) is 17.9. The van der Waals surface area contributed by atoms with Crippen LogP contribution in [-0.4, -0.2) is 35.6 Å². The number of hydrogen-bond acceptors (Lipinski definition) is 3. The highest BCUT2D eigenvalue weighted by atomic mass is 16.5. The number of rotatable bonds is 13. The first-order valence-corrected chi connectivity index (χ1v) is 7.53. The summed E-state index contributed by atoms with van der Waals surface area (Å²) >= 11 is 0. The highest BCUT2D eigenvalue weighted by Gasteiger charge is 2.17. The predicted molar refractivity (Wildman–Crippen MR) is 75.8 cm³/mol. The lowest BCUT2D eigenvalue weighted by atomic mass is 10.1. The largest absolute Gasteiger partial charge is 0.393 e. The van der Waals surface area contributed by atoms with Gasteiger partial charge in [-0.25, -0.2) is 0 Å². The Bertz CT molecular complexity index is 169. The Labute approximate surface area is 113 Å². The minimum absolute atomic E-state index is 0.200. The van der Waals surface area contributed by atoms with Crippen LogP contribution in [0.25, 0.3) is 0 Å². The van der Waals surface area contributed by atoms with Gasteiger partial charge in [0.15, 0.2) is 0 Å². The van der Waals surface area contributed by atoms with Crippen molar-refractivity contribution in [3.63, 3.8) is 0 Å². The molecule has 0 spiro atoms. The summed E-state index contributed by atoms with van der Waals surface area (Å²) < 4.78 is 5.45. The van der Waals surface area contributed by atoms with Gasteiger partial charge in [0, 0.05) is 19.6 Å². The molecule has 18 heavy (non-hydrogen) atoms. The van der Waals surface area contributed by atoms with Gasteiger partial charge in [0.05, 0.1) is 12.2 Å². The Hall–Kier alpha value is -0.120. The van der Waals surface area contributed by atoms with Crippen LogP contribution in [0.5, 0.6) is 0 Å². The van der Waals surface area contributed by atoms with Crippen LogP contribution in [0.3, 0.4) is 0 Å². The topological polar surface area (TPSA) is 49.7 Å². The predicted octanol–water partition coefficient (Wildman–Crippen LogP) is 3.28. The molecular formula is C15H32O3. The molecule has 3 nitrogen and oxygen atoms in total. The Morgan fingerprint density at radius 1 is 0.889 bits per heavy atom. The molecule has 1 unspecified atom stereocenters. The van der Waals surface area contributed by atoms with Crippen molar-refractivity contribution in [2.75, 3.05) is 19.8 Å². The zero-order chi connectivity index (χ0) is 13.7. The van der Waals surface area contributed by atoms with Crippen molar-refractivity contribution < 1.29 is 14.9 Å². The summed E-state index contributed by atoms with van der Waals surface area (Å²) in [7, 11) is 0. The van der Waals surface area contributed by atoms with Crippen molar-refractivity contribution in [2.24, 2.45) is 0 Å². The van der Waals surface area contributed by atoms with E-state index >= 15 is 0 Å². The van der Waals surface area contributed by atoms with Crippen molar-refractivity contribution in [1.82, 2.24) is 0 Å². The Morgan fingerprint density at radius 3 is 2.00 bits per heavy atom. The molecule has 0 aromatic carbocycles. The van der Waals surface area contributed by atoms with Crippen molar-refractivity contribution in [2.45, 2.75) is 77.2 Å². The molecule has 0 radical (unpaired) electrons. The van der Waals surface area contributed by atoms with E-state index in [-0.39, 0.29) is 6.61 Å². The maximum absolute atomic E-state index is 9.54. The van der Waals surface area contributed by atoms with E-state index in [0.29, 0.717) is 13.0 Å². The van der Waals surface area contributed by atoms with Gasteiger partial charge in [0.25, 0.3) is 0 Å². The summed E-state index contributed by atoms with van der Waals surface area (Å²) in [6.07, 6.45) is 10.9. The van der Waals surface area contributed by atoms with Crippen LogP contribution >= 0.6 is 0 Å². The average molecular weight is 260 g/mol. The van der Waals surface area contributed by atoms with E-state index in [1.807, 2.05) is 0 Å². The lowest BCUT2D eigenvalue weighted by molar-refractivity contribution is -0.0269. The number of aliphatic hydroxyl groups excluding tert-OH is 1. The van der Waals surface area contributed by atoms with Crippen molar-refractivity contribution in [3.05, 3.63) is 0 Å². The van der Waals surface area contributed by atoms with Crippen molar-refractivity contribution in [1.29, 1.82) is 0 Å². The van der Waals surface area contributed by atoms with E-state index in [2.05, 4.69) is 6.92 Å². The number of ether oxygens (including phenoxy) is 1. The van der Waals surface area contributed by atoms with E-state index in [4.69, 9.17) is 9.84 Å². The van der Waals surface area contributed by atoms with Crippen LogP contribution in [0.15, 0.2) is 0 Å². The Morgan fingerprint density at radius 2 is 1.44 bits per heavy atom. The van der Waals surface area contributed by atoms with E-state index < -0.39 is 5.60 Å². The summed E-state index contributed by atoms with van der Waals surface area (Å²) in [5, 5.41) is 18.4. The Kier molecular flexibility index (Phi) is 11.9. The molecule has 0 aromatic rings. The van der Waals surface area contributed by atoms with Gasteiger partial charge < -0.3 is 14.9 Å². The normalized spacial score (nSPS) is 14.7. The minimum Gasteiger partial charge on any atom is -0.393 e. The first-order chi connectivity index (χ1) is 8.62. The van der Waals surface area contributed by atoms with Gasteiger partial charge in [0.1, 0.15) is 0 Å². The fourth-order valence-corrected chi connectivity index (χ4v) is 1.81. The second-order valence-electron chi connectivity index (χ2n) is 5.49. The summed E-state index contributed by atoms with van der Waals surface area (Å²) in [6, 6.07) is 0. The molecule has 0 fully saturated rings. The third-order valence-electron chi connectivity index (χ3n) is 3.27. The molecule has 0 heterocycles. The van der Waals surface area contributed by atoms with E-state index in [1.54, 1.807) is 6.92 Å². The van der Waals surface area contributed by atoms with Gasteiger partial charge in [-0.15, -0.1) is 0 Å². The molecule has 0 aliphatic heterocycles. The molecule has 0 aromatic heterocycles. The SMILES string of the molecule is CCCCCCCCCCOCCC(C)(O)CO. The van der Waals surface area contributed by atoms with Gasteiger partial charge in [-0.2, -0.15) is 0 Å². The first-order valence-electron chi connectivity index (χ1n) is 7.53. The summed E-state index contributed by atoms with van der Waals surface area (Å²) in [5.41, 5.74) is -0.987. The monoisotopic (exact) mass is 260 g/mol. The molecule has 0 bridgehead atoms. The smallest absolute Gasteiger partial charge is 0.0871 e.